The van der Waals surface area contributed by atoms with Crippen molar-refractivity contribution in [3.05, 3.63) is 42.1 Å². The van der Waals surface area contributed by atoms with E-state index in [1.165, 1.54) is 11.8 Å². The third-order valence-corrected chi connectivity index (χ3v) is 4.54. The van der Waals surface area contributed by atoms with E-state index in [-0.39, 0.29) is 11.3 Å². The summed E-state index contributed by atoms with van der Waals surface area (Å²) in [7, 11) is 0. The Morgan fingerprint density at radius 1 is 1.32 bits per heavy atom. The SMILES string of the molecule is O=C(Nc1cn[nH]n1)[C@@]12C[C@H](c3ccccc3)[C@@H]1C2. The molecule has 0 radical (unpaired) electrons. The number of carbonyl (C=O) groups is 1. The van der Waals surface area contributed by atoms with Crippen LogP contribution in [0.2, 0.25) is 0 Å². The van der Waals surface area contributed by atoms with Gasteiger partial charge < -0.3 is 5.32 Å². The zero-order valence-corrected chi connectivity index (χ0v) is 10.3. The van der Waals surface area contributed by atoms with E-state index in [0.717, 1.165) is 12.8 Å². The largest absolute Gasteiger partial charge is 0.307 e. The molecule has 0 saturated heterocycles. The number of fused-ring (bicyclic) bond motifs is 1. The molecule has 1 amide bonds. The molecule has 0 aliphatic heterocycles. The molecule has 1 aromatic carbocycles. The number of H-pyrrole nitrogens is 1. The van der Waals surface area contributed by atoms with Gasteiger partial charge in [-0.3, -0.25) is 4.79 Å². The smallest absolute Gasteiger partial charge is 0.232 e. The van der Waals surface area contributed by atoms with Gasteiger partial charge in [0.25, 0.3) is 0 Å². The van der Waals surface area contributed by atoms with Crippen LogP contribution in [0, 0.1) is 11.3 Å². The average Bonchev–Trinajstić information content (AvgIpc) is 2.78. The number of hydrogen-bond acceptors (Lipinski definition) is 3. The van der Waals surface area contributed by atoms with Crippen molar-refractivity contribution in [2.75, 3.05) is 5.32 Å². The molecule has 1 heterocycles. The third kappa shape index (κ3) is 1.51. The number of rotatable bonds is 3. The van der Waals surface area contributed by atoms with Crippen LogP contribution < -0.4 is 5.32 Å². The molecule has 2 saturated carbocycles. The van der Waals surface area contributed by atoms with Gasteiger partial charge in [0, 0.05) is 0 Å². The summed E-state index contributed by atoms with van der Waals surface area (Å²) < 4.78 is 0. The van der Waals surface area contributed by atoms with Gasteiger partial charge in [0.15, 0.2) is 5.82 Å². The van der Waals surface area contributed by atoms with E-state index in [1.807, 2.05) is 6.07 Å². The minimum absolute atomic E-state index is 0.0959. The number of anilines is 1. The van der Waals surface area contributed by atoms with Gasteiger partial charge in [-0.15, -0.1) is 5.10 Å². The zero-order valence-electron chi connectivity index (χ0n) is 10.3. The summed E-state index contributed by atoms with van der Waals surface area (Å²) in [5.41, 5.74) is 1.22. The molecule has 2 N–H and O–H groups in total. The summed E-state index contributed by atoms with van der Waals surface area (Å²) in [5, 5.41) is 12.9. The molecule has 0 spiro atoms. The standard InChI is InChI=1S/C14H14N4O/c19-13(16-12-8-15-18-17-12)14-6-10(11(14)7-14)9-4-2-1-3-5-9/h1-5,8,10-11H,6-7H2,(H2,15,16,17,18,19)/t10-,11+,14-/m1/s1. The van der Waals surface area contributed by atoms with Gasteiger partial charge in [0.05, 0.1) is 11.6 Å². The quantitative estimate of drug-likeness (QED) is 0.879. The van der Waals surface area contributed by atoms with Gasteiger partial charge in [0.1, 0.15) is 0 Å². The van der Waals surface area contributed by atoms with Gasteiger partial charge >= 0.3 is 0 Å². The summed E-state index contributed by atoms with van der Waals surface area (Å²) >= 11 is 0. The average molecular weight is 254 g/mol. The Labute approximate surface area is 110 Å². The lowest BCUT2D eigenvalue weighted by molar-refractivity contribution is -0.124. The lowest BCUT2D eigenvalue weighted by Gasteiger charge is -2.33. The van der Waals surface area contributed by atoms with E-state index in [9.17, 15) is 4.79 Å². The number of nitrogens with zero attached hydrogens (tertiary/aromatic N) is 2. The molecule has 2 aliphatic carbocycles. The number of nitrogens with one attached hydrogen (secondary N) is 2. The molecule has 2 aliphatic rings. The molecule has 1 aromatic heterocycles. The van der Waals surface area contributed by atoms with Crippen molar-refractivity contribution < 1.29 is 4.79 Å². The summed E-state index contributed by atoms with van der Waals surface area (Å²) in [6, 6.07) is 10.5. The first kappa shape index (κ1) is 10.7. The van der Waals surface area contributed by atoms with E-state index in [4.69, 9.17) is 0 Å². The number of amides is 1. The molecule has 2 aromatic rings. The summed E-state index contributed by atoms with van der Waals surface area (Å²) in [6.07, 6.45) is 3.47. The maximum atomic E-state index is 12.2. The van der Waals surface area contributed by atoms with Crippen molar-refractivity contribution in [2.24, 2.45) is 11.3 Å². The Morgan fingerprint density at radius 3 is 2.84 bits per heavy atom. The Hall–Kier alpha value is -2.17. The molecule has 19 heavy (non-hydrogen) atoms. The molecular weight excluding hydrogens is 240 g/mol. The van der Waals surface area contributed by atoms with Crippen LogP contribution in [0.5, 0.6) is 0 Å². The highest BCUT2D eigenvalue weighted by atomic mass is 16.2. The predicted octanol–water partition coefficient (Wildman–Crippen LogP) is 1.94. The van der Waals surface area contributed by atoms with Gasteiger partial charge in [-0.05, 0) is 30.2 Å². The van der Waals surface area contributed by atoms with Gasteiger partial charge in [-0.25, -0.2) is 0 Å². The molecular formula is C14H14N4O. The van der Waals surface area contributed by atoms with Gasteiger partial charge in [0.2, 0.25) is 5.91 Å². The Balaban J connectivity index is 1.45. The highest BCUT2D eigenvalue weighted by Gasteiger charge is 2.71. The van der Waals surface area contributed by atoms with E-state index < -0.39 is 0 Å². The minimum atomic E-state index is -0.139. The fourth-order valence-corrected chi connectivity index (χ4v) is 3.38. The Bertz CT molecular complexity index is 610. The summed E-state index contributed by atoms with van der Waals surface area (Å²) in [5.74, 6) is 1.65. The van der Waals surface area contributed by atoms with Crippen molar-refractivity contribution in [1.29, 1.82) is 0 Å². The van der Waals surface area contributed by atoms with Crippen LogP contribution in [0.3, 0.4) is 0 Å². The van der Waals surface area contributed by atoms with Crippen LogP contribution in [-0.2, 0) is 4.79 Å². The van der Waals surface area contributed by atoms with E-state index in [2.05, 4.69) is 45.0 Å². The van der Waals surface area contributed by atoms with Crippen molar-refractivity contribution >= 4 is 11.7 Å². The fraction of sp³-hybridized carbons (Fsp3) is 0.357. The number of aromatic nitrogens is 3. The first-order valence-corrected chi connectivity index (χ1v) is 6.52. The van der Waals surface area contributed by atoms with Crippen LogP contribution in [-0.4, -0.2) is 21.3 Å². The lowest BCUT2D eigenvalue weighted by atomic mass is 9.71. The van der Waals surface area contributed by atoms with Crippen LogP contribution in [0.1, 0.15) is 24.3 Å². The Morgan fingerprint density at radius 2 is 2.16 bits per heavy atom. The highest BCUT2D eigenvalue weighted by molar-refractivity contribution is 5.98. The summed E-state index contributed by atoms with van der Waals surface area (Å²) in [4.78, 5) is 12.2. The monoisotopic (exact) mass is 254 g/mol. The molecule has 5 nitrogen and oxygen atoms in total. The molecule has 0 bridgehead atoms. The van der Waals surface area contributed by atoms with Crippen molar-refractivity contribution in [1.82, 2.24) is 15.4 Å². The molecule has 5 heteroatoms. The van der Waals surface area contributed by atoms with Crippen LogP contribution >= 0.6 is 0 Å². The second kappa shape index (κ2) is 3.66. The number of hydrogen-bond donors (Lipinski definition) is 2. The maximum Gasteiger partial charge on any atom is 0.232 e. The van der Waals surface area contributed by atoms with Crippen LogP contribution in [0.4, 0.5) is 5.82 Å². The Kier molecular flexibility index (Phi) is 2.07. The van der Waals surface area contributed by atoms with E-state index >= 15 is 0 Å². The highest BCUT2D eigenvalue weighted by Crippen LogP contribution is 2.74. The van der Waals surface area contributed by atoms with Crippen molar-refractivity contribution in [2.45, 2.75) is 18.8 Å². The first-order chi connectivity index (χ1) is 9.29. The third-order valence-electron chi connectivity index (χ3n) is 4.54. The molecule has 96 valence electrons. The normalized spacial score (nSPS) is 31.2. The van der Waals surface area contributed by atoms with E-state index in [1.54, 1.807) is 0 Å². The number of carbonyl (C=O) groups excluding carboxylic acids is 1. The fourth-order valence-electron chi connectivity index (χ4n) is 3.38. The van der Waals surface area contributed by atoms with Crippen LogP contribution in [0.15, 0.2) is 36.5 Å². The predicted molar refractivity (Wildman–Crippen MR) is 69.4 cm³/mol. The number of aromatic amines is 1. The molecule has 2 fully saturated rings. The lowest BCUT2D eigenvalue weighted by Crippen LogP contribution is -2.36. The first-order valence-electron chi connectivity index (χ1n) is 6.52. The molecule has 0 unspecified atom stereocenters. The molecule has 3 atom stereocenters. The topological polar surface area (TPSA) is 70.7 Å². The van der Waals surface area contributed by atoms with Crippen LogP contribution in [0.25, 0.3) is 0 Å². The zero-order chi connectivity index (χ0) is 12.9. The summed E-state index contributed by atoms with van der Waals surface area (Å²) in [6.45, 7) is 0. The van der Waals surface area contributed by atoms with E-state index in [0.29, 0.717) is 17.7 Å². The van der Waals surface area contributed by atoms with Gasteiger partial charge in [-0.1, -0.05) is 30.3 Å². The minimum Gasteiger partial charge on any atom is -0.307 e. The van der Waals surface area contributed by atoms with Gasteiger partial charge in [-0.2, -0.15) is 10.3 Å². The second-order valence-corrected chi connectivity index (χ2v) is 5.50. The van der Waals surface area contributed by atoms with Crippen molar-refractivity contribution in [3.63, 3.8) is 0 Å². The number of benzene rings is 1. The maximum absolute atomic E-state index is 12.2. The molecule has 4 rings (SSSR count). The second-order valence-electron chi connectivity index (χ2n) is 5.50. The van der Waals surface area contributed by atoms with Crippen molar-refractivity contribution in [3.8, 4) is 0 Å².